The predicted molar refractivity (Wildman–Crippen MR) is 143 cm³/mol. The normalized spacial score (nSPS) is 16.0. The van der Waals surface area contributed by atoms with Crippen molar-refractivity contribution in [1.29, 1.82) is 0 Å². The molecular weight excluding hydrogens is 504 g/mol. The summed E-state index contributed by atoms with van der Waals surface area (Å²) in [5.74, 6) is 0.742. The van der Waals surface area contributed by atoms with Gasteiger partial charge < -0.3 is 15.0 Å². The van der Waals surface area contributed by atoms with Crippen molar-refractivity contribution in [3.05, 3.63) is 90.1 Å². The van der Waals surface area contributed by atoms with Crippen LogP contribution in [0.25, 0.3) is 10.9 Å². The van der Waals surface area contributed by atoms with Crippen molar-refractivity contribution in [2.24, 2.45) is 0 Å². The highest BCUT2D eigenvalue weighted by molar-refractivity contribution is 9.09. The summed E-state index contributed by atoms with van der Waals surface area (Å²) >= 11 is 3.70. The molecule has 180 valence electrons. The zero-order chi connectivity index (χ0) is 24.0. The number of nitrogens with zero attached hydrogens (tertiary/aromatic N) is 3. The molecule has 7 heteroatoms. The number of nitrogens with one attached hydrogen (secondary N) is 1. The highest BCUT2D eigenvalue weighted by Gasteiger charge is 2.19. The predicted octanol–water partition coefficient (Wildman–Crippen LogP) is 5.27. The number of likely N-dealkylation sites (tertiary alicyclic amines) is 1. The number of ether oxygens (including phenoxy) is 1. The zero-order valence-corrected chi connectivity index (χ0v) is 21.2. The first-order valence-corrected chi connectivity index (χ1v) is 12.9. The number of halogens is 1. The van der Waals surface area contributed by atoms with Crippen LogP contribution in [0.4, 0.5) is 5.69 Å². The molecule has 6 nitrogen and oxygen atoms in total. The smallest absolute Gasteiger partial charge is 0.228 e. The third-order valence-corrected chi connectivity index (χ3v) is 7.06. The van der Waals surface area contributed by atoms with Gasteiger partial charge in [0.05, 0.1) is 24.7 Å². The molecule has 35 heavy (non-hydrogen) atoms. The van der Waals surface area contributed by atoms with Crippen LogP contribution < -0.4 is 10.1 Å². The van der Waals surface area contributed by atoms with Crippen molar-refractivity contribution in [3.63, 3.8) is 0 Å². The van der Waals surface area contributed by atoms with Gasteiger partial charge >= 0.3 is 0 Å². The van der Waals surface area contributed by atoms with Crippen LogP contribution in [0.5, 0.6) is 5.75 Å². The molecule has 5 rings (SSSR count). The van der Waals surface area contributed by atoms with Crippen LogP contribution in [0.2, 0.25) is 0 Å². The molecule has 1 unspecified atom stereocenters. The Hall–Kier alpha value is -3.16. The van der Waals surface area contributed by atoms with E-state index in [1.807, 2.05) is 83.7 Å². The van der Waals surface area contributed by atoms with Crippen molar-refractivity contribution in [1.82, 2.24) is 14.7 Å². The molecule has 0 bridgehead atoms. The number of fused-ring (bicyclic) bond motifs is 1. The molecule has 1 fully saturated rings. The summed E-state index contributed by atoms with van der Waals surface area (Å²) in [4.78, 5) is 15.7. The Morgan fingerprint density at radius 1 is 1.03 bits per heavy atom. The SMILES string of the molecule is O=C(Cc1ccc(OCc2ccccc2)cc1)Nc1ccc2cnn(CCN3CCC(Br)C3)c2c1. The fourth-order valence-corrected chi connectivity index (χ4v) is 5.00. The van der Waals surface area contributed by atoms with E-state index in [0.29, 0.717) is 17.9 Å². The van der Waals surface area contributed by atoms with Crippen LogP contribution in [0, 0.1) is 0 Å². The standard InChI is InChI=1S/C28H29BrN4O2/c29-24-12-13-32(19-24)14-15-33-27-17-25(9-8-23(27)18-30-33)31-28(34)16-21-6-10-26(11-7-21)35-20-22-4-2-1-3-5-22/h1-11,17-18,24H,12-16,19-20H2,(H,31,34). The topological polar surface area (TPSA) is 59.4 Å². The van der Waals surface area contributed by atoms with Gasteiger partial charge in [0.25, 0.3) is 0 Å². The van der Waals surface area contributed by atoms with E-state index in [1.165, 1.54) is 6.42 Å². The summed E-state index contributed by atoms with van der Waals surface area (Å²) in [5.41, 5.74) is 3.89. The lowest BCUT2D eigenvalue weighted by Gasteiger charge is -2.15. The lowest BCUT2D eigenvalue weighted by molar-refractivity contribution is -0.115. The van der Waals surface area contributed by atoms with Crippen LogP contribution >= 0.6 is 15.9 Å². The van der Waals surface area contributed by atoms with Crippen LogP contribution in [-0.4, -0.2) is 45.0 Å². The minimum atomic E-state index is -0.0474. The summed E-state index contributed by atoms with van der Waals surface area (Å²) < 4.78 is 7.86. The number of hydrogen-bond donors (Lipinski definition) is 1. The molecule has 0 saturated carbocycles. The van der Waals surface area contributed by atoms with Gasteiger partial charge in [-0.1, -0.05) is 58.4 Å². The van der Waals surface area contributed by atoms with E-state index >= 15 is 0 Å². The number of anilines is 1. The Kier molecular flexibility index (Phi) is 7.45. The lowest BCUT2D eigenvalue weighted by Crippen LogP contribution is -2.25. The van der Waals surface area contributed by atoms with Gasteiger partial charge in [-0.2, -0.15) is 5.10 Å². The molecule has 0 radical (unpaired) electrons. The van der Waals surface area contributed by atoms with Gasteiger partial charge in [-0.05, 0) is 54.4 Å². The summed E-state index contributed by atoms with van der Waals surface area (Å²) in [7, 11) is 0. The quantitative estimate of drug-likeness (QED) is 0.298. The Balaban J connectivity index is 1.15. The Labute approximate surface area is 214 Å². The number of hydrogen-bond acceptors (Lipinski definition) is 4. The van der Waals surface area contributed by atoms with E-state index in [2.05, 4.69) is 31.2 Å². The molecule has 0 aliphatic carbocycles. The first-order chi connectivity index (χ1) is 17.1. The highest BCUT2D eigenvalue weighted by Crippen LogP contribution is 2.21. The molecule has 2 heterocycles. The molecule has 1 saturated heterocycles. The molecule has 4 aromatic rings. The average Bonchev–Trinajstić information content (AvgIpc) is 3.48. The Morgan fingerprint density at radius 2 is 1.86 bits per heavy atom. The second-order valence-corrected chi connectivity index (χ2v) is 10.3. The van der Waals surface area contributed by atoms with Crippen molar-refractivity contribution < 1.29 is 9.53 Å². The van der Waals surface area contributed by atoms with E-state index in [9.17, 15) is 4.79 Å². The first-order valence-electron chi connectivity index (χ1n) is 12.0. The molecule has 0 spiro atoms. The number of amides is 1. The second-order valence-electron chi connectivity index (χ2n) is 8.97. The number of carbonyl (C=O) groups excluding carboxylic acids is 1. The molecule has 1 atom stereocenters. The van der Waals surface area contributed by atoms with Crippen molar-refractivity contribution in [3.8, 4) is 5.75 Å². The van der Waals surface area contributed by atoms with Crippen molar-refractivity contribution in [2.45, 2.75) is 30.8 Å². The van der Waals surface area contributed by atoms with Crippen LogP contribution in [-0.2, 0) is 24.4 Å². The summed E-state index contributed by atoms with van der Waals surface area (Å²) in [6, 6.07) is 23.7. The van der Waals surface area contributed by atoms with Gasteiger partial charge in [-0.3, -0.25) is 9.48 Å². The van der Waals surface area contributed by atoms with Crippen molar-refractivity contribution >= 4 is 38.4 Å². The van der Waals surface area contributed by atoms with Crippen molar-refractivity contribution in [2.75, 3.05) is 25.0 Å². The summed E-state index contributed by atoms with van der Waals surface area (Å²) in [6.07, 6.45) is 3.39. The number of benzene rings is 3. The van der Waals surface area contributed by atoms with Gasteiger partial charge in [0.2, 0.25) is 5.91 Å². The number of alkyl halides is 1. The highest BCUT2D eigenvalue weighted by atomic mass is 79.9. The largest absolute Gasteiger partial charge is 0.489 e. The van der Waals surface area contributed by atoms with E-state index in [0.717, 1.165) is 59.6 Å². The average molecular weight is 533 g/mol. The minimum absolute atomic E-state index is 0.0474. The summed E-state index contributed by atoms with van der Waals surface area (Å²) in [5, 5.41) is 8.67. The third kappa shape index (κ3) is 6.29. The van der Waals surface area contributed by atoms with E-state index in [4.69, 9.17) is 4.74 Å². The van der Waals surface area contributed by atoms with E-state index < -0.39 is 0 Å². The number of carbonyl (C=O) groups is 1. The van der Waals surface area contributed by atoms with Gasteiger partial charge in [0.15, 0.2) is 0 Å². The van der Waals surface area contributed by atoms with Gasteiger partial charge in [0, 0.05) is 29.0 Å². The number of rotatable bonds is 9. The Bertz CT molecular complexity index is 1270. The fourth-order valence-electron chi connectivity index (χ4n) is 4.39. The number of aromatic nitrogens is 2. The van der Waals surface area contributed by atoms with Gasteiger partial charge in [0.1, 0.15) is 12.4 Å². The maximum atomic E-state index is 12.7. The molecule has 3 aromatic carbocycles. The van der Waals surface area contributed by atoms with Crippen LogP contribution in [0.15, 0.2) is 79.0 Å². The van der Waals surface area contributed by atoms with E-state index in [-0.39, 0.29) is 5.91 Å². The molecule has 1 aliphatic rings. The molecule has 1 aliphatic heterocycles. The summed E-state index contributed by atoms with van der Waals surface area (Å²) in [6.45, 7) is 4.53. The minimum Gasteiger partial charge on any atom is -0.489 e. The first kappa shape index (κ1) is 23.6. The molecule has 1 aromatic heterocycles. The fraction of sp³-hybridized carbons (Fsp3) is 0.286. The van der Waals surface area contributed by atoms with Crippen LogP contribution in [0.3, 0.4) is 0 Å². The lowest BCUT2D eigenvalue weighted by atomic mass is 10.1. The van der Waals surface area contributed by atoms with E-state index in [1.54, 1.807) is 0 Å². The van der Waals surface area contributed by atoms with Gasteiger partial charge in [-0.25, -0.2) is 0 Å². The molecule has 1 N–H and O–H groups in total. The monoisotopic (exact) mass is 532 g/mol. The molecular formula is C28H29BrN4O2. The zero-order valence-electron chi connectivity index (χ0n) is 19.6. The maximum Gasteiger partial charge on any atom is 0.228 e. The third-order valence-electron chi connectivity index (χ3n) is 6.31. The Morgan fingerprint density at radius 3 is 2.63 bits per heavy atom. The molecule has 1 amide bonds. The van der Waals surface area contributed by atoms with Crippen LogP contribution in [0.1, 0.15) is 17.5 Å². The van der Waals surface area contributed by atoms with Gasteiger partial charge in [-0.15, -0.1) is 0 Å². The maximum absolute atomic E-state index is 12.7. The second kappa shape index (κ2) is 11.1.